The molecule has 3 aromatic rings. The van der Waals surface area contributed by atoms with Crippen LogP contribution in [0.3, 0.4) is 0 Å². The van der Waals surface area contributed by atoms with Gasteiger partial charge in [-0.15, -0.1) is 11.3 Å². The molecule has 2 aliphatic rings. The third kappa shape index (κ3) is 2.41. The van der Waals surface area contributed by atoms with Crippen molar-refractivity contribution in [3.8, 4) is 0 Å². The second kappa shape index (κ2) is 6.23. The highest BCUT2D eigenvalue weighted by Crippen LogP contribution is 2.45. The average Bonchev–Trinajstić information content (AvgIpc) is 3.47. The summed E-state index contributed by atoms with van der Waals surface area (Å²) in [6, 6.07) is 12.8. The topological polar surface area (TPSA) is 38.1 Å². The Hall–Kier alpha value is -2.14. The first-order valence-electron chi connectivity index (χ1n) is 9.53. The number of carbonyl (C=O) groups excluding carboxylic acids is 1. The van der Waals surface area contributed by atoms with E-state index in [4.69, 9.17) is 0 Å². The number of hydrogen-bond donors (Lipinski definition) is 0. The van der Waals surface area contributed by atoms with E-state index in [1.807, 2.05) is 18.5 Å². The molecule has 0 N–H and O–H groups in total. The number of fused-ring (bicyclic) bond motifs is 1. The van der Waals surface area contributed by atoms with Crippen molar-refractivity contribution in [1.82, 2.24) is 14.5 Å². The van der Waals surface area contributed by atoms with Crippen LogP contribution < -0.4 is 0 Å². The van der Waals surface area contributed by atoms with Crippen LogP contribution in [-0.2, 0) is 10.2 Å². The highest BCUT2D eigenvalue weighted by molar-refractivity contribution is 7.10. The first kappa shape index (κ1) is 16.1. The van der Waals surface area contributed by atoms with Crippen LogP contribution in [0, 0.1) is 0 Å². The molecule has 1 saturated carbocycles. The minimum Gasteiger partial charge on any atom is -0.340 e. The molecule has 0 unspecified atom stereocenters. The van der Waals surface area contributed by atoms with E-state index in [9.17, 15) is 4.79 Å². The molecular weight excluding hydrogens is 342 g/mol. The molecule has 1 atom stereocenters. The summed E-state index contributed by atoms with van der Waals surface area (Å²) in [6.07, 6.45) is 7.27. The maximum atomic E-state index is 13.6. The Morgan fingerprint density at radius 1 is 1.15 bits per heavy atom. The fourth-order valence-electron chi connectivity index (χ4n) is 4.82. The van der Waals surface area contributed by atoms with Crippen molar-refractivity contribution in [1.29, 1.82) is 0 Å². The first-order valence-corrected chi connectivity index (χ1v) is 10.4. The zero-order valence-electron chi connectivity index (χ0n) is 14.8. The van der Waals surface area contributed by atoms with Gasteiger partial charge in [0.05, 0.1) is 28.8 Å². The van der Waals surface area contributed by atoms with Crippen molar-refractivity contribution >= 4 is 28.3 Å². The summed E-state index contributed by atoms with van der Waals surface area (Å²) >= 11 is 1.74. The van der Waals surface area contributed by atoms with Gasteiger partial charge in [-0.05, 0) is 42.8 Å². The van der Waals surface area contributed by atoms with Gasteiger partial charge in [-0.1, -0.05) is 31.0 Å². The van der Waals surface area contributed by atoms with Crippen LogP contribution in [0.4, 0.5) is 0 Å². The molecule has 1 amide bonds. The number of hydrogen-bond acceptors (Lipinski definition) is 3. The minimum absolute atomic E-state index is 0.264. The Bertz CT molecular complexity index is 924. The quantitative estimate of drug-likeness (QED) is 0.691. The van der Waals surface area contributed by atoms with Crippen LogP contribution in [0.25, 0.3) is 11.0 Å². The van der Waals surface area contributed by atoms with Crippen molar-refractivity contribution < 1.29 is 4.79 Å². The number of rotatable bonds is 3. The Morgan fingerprint density at radius 2 is 2.00 bits per heavy atom. The van der Waals surface area contributed by atoms with Gasteiger partial charge in [0, 0.05) is 18.0 Å². The summed E-state index contributed by atoms with van der Waals surface area (Å²) in [4.78, 5) is 21.5. The molecule has 3 heterocycles. The third-order valence-electron chi connectivity index (χ3n) is 6.18. The first-order chi connectivity index (χ1) is 12.8. The van der Waals surface area contributed by atoms with E-state index in [2.05, 4.69) is 44.1 Å². The standard InChI is InChI=1S/C21H23N3OS/c25-20(21(10-3-4-11-21)19-8-5-13-26-19)23-12-9-16(14-23)24-15-22-17-6-1-2-7-18(17)24/h1-2,5-8,13,15-16H,3-4,9-12,14H2/t16-/m0/s1. The molecule has 1 aliphatic heterocycles. The van der Waals surface area contributed by atoms with Crippen LogP contribution in [0.15, 0.2) is 48.1 Å². The van der Waals surface area contributed by atoms with Gasteiger partial charge >= 0.3 is 0 Å². The van der Waals surface area contributed by atoms with Crippen LogP contribution in [0.1, 0.15) is 43.0 Å². The smallest absolute Gasteiger partial charge is 0.234 e. The lowest BCUT2D eigenvalue weighted by Gasteiger charge is -2.31. The third-order valence-corrected chi connectivity index (χ3v) is 7.26. The van der Waals surface area contributed by atoms with E-state index in [1.54, 1.807) is 11.3 Å². The van der Waals surface area contributed by atoms with Gasteiger partial charge in [-0.3, -0.25) is 4.79 Å². The van der Waals surface area contributed by atoms with Crippen LogP contribution in [0.5, 0.6) is 0 Å². The number of para-hydroxylation sites is 2. The molecule has 134 valence electrons. The number of carbonyl (C=O) groups is 1. The molecule has 4 nitrogen and oxygen atoms in total. The van der Waals surface area contributed by atoms with Crippen molar-refractivity contribution in [3.63, 3.8) is 0 Å². The Balaban J connectivity index is 1.41. The predicted octanol–water partition coefficient (Wildman–Crippen LogP) is 4.38. The lowest BCUT2D eigenvalue weighted by Crippen LogP contribution is -2.44. The van der Waals surface area contributed by atoms with E-state index in [1.165, 1.54) is 10.4 Å². The van der Waals surface area contributed by atoms with E-state index in [0.717, 1.165) is 50.7 Å². The summed E-state index contributed by atoms with van der Waals surface area (Å²) in [7, 11) is 0. The maximum Gasteiger partial charge on any atom is 0.234 e. The van der Waals surface area contributed by atoms with Gasteiger partial charge in [-0.25, -0.2) is 4.98 Å². The zero-order chi connectivity index (χ0) is 17.6. The van der Waals surface area contributed by atoms with Crippen LogP contribution in [-0.4, -0.2) is 33.4 Å². The zero-order valence-corrected chi connectivity index (χ0v) is 15.6. The molecule has 5 rings (SSSR count). The van der Waals surface area contributed by atoms with Crippen LogP contribution in [0.2, 0.25) is 0 Å². The molecule has 26 heavy (non-hydrogen) atoms. The Morgan fingerprint density at radius 3 is 2.81 bits per heavy atom. The monoisotopic (exact) mass is 365 g/mol. The molecule has 2 aromatic heterocycles. The van der Waals surface area contributed by atoms with Crippen molar-refractivity contribution in [2.45, 2.75) is 43.6 Å². The Kier molecular flexibility index (Phi) is 3.85. The highest BCUT2D eigenvalue weighted by Gasteiger charge is 2.47. The van der Waals surface area contributed by atoms with Gasteiger partial charge in [0.15, 0.2) is 0 Å². The number of thiophene rings is 1. The van der Waals surface area contributed by atoms with Gasteiger partial charge in [0.2, 0.25) is 5.91 Å². The van der Waals surface area contributed by atoms with Crippen molar-refractivity contribution in [2.24, 2.45) is 0 Å². The van der Waals surface area contributed by atoms with E-state index in [-0.39, 0.29) is 5.41 Å². The van der Waals surface area contributed by atoms with Gasteiger partial charge < -0.3 is 9.47 Å². The SMILES string of the molecule is O=C(N1CC[C@H](n2cnc3ccccc32)C1)C1(c2cccs2)CCCC1. The molecule has 1 aromatic carbocycles. The van der Waals surface area contributed by atoms with E-state index < -0.39 is 0 Å². The maximum absolute atomic E-state index is 13.6. The van der Waals surface area contributed by atoms with Crippen molar-refractivity contribution in [3.05, 3.63) is 53.0 Å². The number of likely N-dealkylation sites (tertiary alicyclic amines) is 1. The summed E-state index contributed by atoms with van der Waals surface area (Å²) in [5, 5.41) is 2.10. The number of imidazole rings is 1. The van der Waals surface area contributed by atoms with Gasteiger partial charge in [0.25, 0.3) is 0 Å². The second-order valence-electron chi connectivity index (χ2n) is 7.60. The normalized spacial score (nSPS) is 22.3. The summed E-state index contributed by atoms with van der Waals surface area (Å²) in [6.45, 7) is 1.65. The second-order valence-corrected chi connectivity index (χ2v) is 8.55. The lowest BCUT2D eigenvalue weighted by atomic mass is 9.83. The molecule has 1 aliphatic carbocycles. The number of aromatic nitrogens is 2. The summed E-state index contributed by atoms with van der Waals surface area (Å²) in [5.74, 6) is 0.351. The molecule has 5 heteroatoms. The lowest BCUT2D eigenvalue weighted by molar-refractivity contribution is -0.136. The fourth-order valence-corrected chi connectivity index (χ4v) is 5.80. The van der Waals surface area contributed by atoms with Gasteiger partial charge in [0.1, 0.15) is 0 Å². The fraction of sp³-hybridized carbons (Fsp3) is 0.429. The van der Waals surface area contributed by atoms with E-state index >= 15 is 0 Å². The largest absolute Gasteiger partial charge is 0.340 e. The van der Waals surface area contributed by atoms with Gasteiger partial charge in [-0.2, -0.15) is 0 Å². The molecule has 0 bridgehead atoms. The molecule has 2 fully saturated rings. The van der Waals surface area contributed by atoms with Crippen molar-refractivity contribution in [2.75, 3.05) is 13.1 Å². The highest BCUT2D eigenvalue weighted by atomic mass is 32.1. The summed E-state index contributed by atoms with van der Waals surface area (Å²) in [5.41, 5.74) is 1.93. The average molecular weight is 366 g/mol. The summed E-state index contributed by atoms with van der Waals surface area (Å²) < 4.78 is 2.26. The number of amides is 1. The van der Waals surface area contributed by atoms with Crippen LogP contribution >= 0.6 is 11.3 Å². The number of nitrogens with zero attached hydrogens (tertiary/aromatic N) is 3. The molecule has 0 spiro atoms. The molecular formula is C21H23N3OS. The number of benzene rings is 1. The van der Waals surface area contributed by atoms with E-state index in [0.29, 0.717) is 11.9 Å². The Labute approximate surface area is 157 Å². The molecule has 1 saturated heterocycles. The minimum atomic E-state index is -0.264. The molecule has 0 radical (unpaired) electrons. The predicted molar refractivity (Wildman–Crippen MR) is 104 cm³/mol.